The molecular formula is C18H23ClO2. The molecule has 0 saturated heterocycles. The lowest BCUT2D eigenvalue weighted by Gasteiger charge is -2.39. The van der Waals surface area contributed by atoms with Crippen molar-refractivity contribution in [3.05, 3.63) is 23.8 Å². The van der Waals surface area contributed by atoms with Gasteiger partial charge in [-0.05, 0) is 38.2 Å². The van der Waals surface area contributed by atoms with Crippen LogP contribution < -0.4 is 0 Å². The molecule has 3 heteroatoms. The fraction of sp³-hybridized carbons (Fsp3) is 0.556. The van der Waals surface area contributed by atoms with Gasteiger partial charge in [0.05, 0.1) is 0 Å². The van der Waals surface area contributed by atoms with Crippen LogP contribution in [0.3, 0.4) is 0 Å². The zero-order chi connectivity index (χ0) is 16.0. The normalized spacial score (nSPS) is 20.5. The number of rotatable bonds is 5. The third-order valence-electron chi connectivity index (χ3n) is 4.16. The van der Waals surface area contributed by atoms with Gasteiger partial charge in [-0.15, -0.1) is 11.6 Å². The second-order valence-electron chi connectivity index (χ2n) is 6.00. The number of halogens is 1. The number of carbonyl (C=O) groups is 2. The Kier molecular flexibility index (Phi) is 6.42. The second kappa shape index (κ2) is 7.61. The van der Waals surface area contributed by atoms with Crippen molar-refractivity contribution in [3.8, 4) is 11.8 Å². The molecule has 1 aliphatic rings. The van der Waals surface area contributed by atoms with E-state index in [0.29, 0.717) is 17.9 Å². The Balaban J connectivity index is 3.06. The summed E-state index contributed by atoms with van der Waals surface area (Å²) in [6.07, 6.45) is 4.29. The molecule has 0 aromatic rings. The van der Waals surface area contributed by atoms with Crippen molar-refractivity contribution in [3.63, 3.8) is 0 Å². The molecule has 0 aromatic heterocycles. The molecule has 0 aliphatic heterocycles. The maximum Gasteiger partial charge on any atom is 0.232 e. The van der Waals surface area contributed by atoms with Gasteiger partial charge >= 0.3 is 0 Å². The zero-order valence-corrected chi connectivity index (χ0v) is 13.8. The van der Waals surface area contributed by atoms with Crippen LogP contribution in [0.1, 0.15) is 46.5 Å². The van der Waals surface area contributed by atoms with E-state index in [0.717, 1.165) is 24.8 Å². The summed E-state index contributed by atoms with van der Waals surface area (Å²) in [5.74, 6) is 5.79. The molecule has 1 aliphatic carbocycles. The third kappa shape index (κ3) is 4.08. The van der Waals surface area contributed by atoms with Crippen LogP contribution in [0.5, 0.6) is 0 Å². The summed E-state index contributed by atoms with van der Waals surface area (Å²) < 4.78 is 0. The van der Waals surface area contributed by atoms with E-state index in [1.54, 1.807) is 0 Å². The quantitative estimate of drug-likeness (QED) is 0.252. The second-order valence-corrected chi connectivity index (χ2v) is 6.38. The first-order chi connectivity index (χ1) is 9.86. The lowest BCUT2D eigenvalue weighted by Crippen LogP contribution is -2.38. The number of alkyl halides is 1. The van der Waals surface area contributed by atoms with E-state index in [1.807, 2.05) is 20.8 Å². The van der Waals surface area contributed by atoms with Crippen LogP contribution >= 0.6 is 11.6 Å². The highest BCUT2D eigenvalue weighted by Gasteiger charge is 2.42. The fourth-order valence-electron chi connectivity index (χ4n) is 3.06. The van der Waals surface area contributed by atoms with Crippen LogP contribution in [-0.4, -0.2) is 17.4 Å². The number of hydrogen-bond acceptors (Lipinski definition) is 2. The van der Waals surface area contributed by atoms with E-state index in [4.69, 9.17) is 11.6 Å². The molecule has 0 spiro atoms. The predicted octanol–water partition coefficient (Wildman–Crippen LogP) is 4.09. The molecule has 0 aromatic carbocycles. The minimum Gasteiger partial charge on any atom is -0.295 e. The molecule has 0 fully saturated rings. The molecule has 0 amide bonds. The summed E-state index contributed by atoms with van der Waals surface area (Å²) in [7, 11) is 0. The predicted molar refractivity (Wildman–Crippen MR) is 87.1 cm³/mol. The van der Waals surface area contributed by atoms with Crippen molar-refractivity contribution in [1.29, 1.82) is 0 Å². The van der Waals surface area contributed by atoms with Gasteiger partial charge in [0.2, 0.25) is 5.78 Å². The van der Waals surface area contributed by atoms with Gasteiger partial charge in [-0.2, -0.15) is 0 Å². The first kappa shape index (κ1) is 17.7. The number of hydrogen-bond donors (Lipinski definition) is 0. The maximum atomic E-state index is 12.4. The standard InChI is InChI=1S/C18H23ClO2/c1-5-15(20)14-11-10-13(2)17(18(14,3)4)16(21)9-7-6-8-12-19/h5,14H,1,6,8,10-12H2,2-4H3. The van der Waals surface area contributed by atoms with E-state index >= 15 is 0 Å². The summed E-state index contributed by atoms with van der Waals surface area (Å²) in [6.45, 7) is 9.44. The van der Waals surface area contributed by atoms with Gasteiger partial charge < -0.3 is 0 Å². The van der Waals surface area contributed by atoms with E-state index in [-0.39, 0.29) is 17.5 Å². The molecule has 21 heavy (non-hydrogen) atoms. The largest absolute Gasteiger partial charge is 0.295 e. The molecule has 114 valence electrons. The number of carbonyl (C=O) groups excluding carboxylic acids is 2. The molecule has 0 bridgehead atoms. The van der Waals surface area contributed by atoms with Crippen LogP contribution in [0.2, 0.25) is 0 Å². The van der Waals surface area contributed by atoms with Crippen molar-refractivity contribution < 1.29 is 9.59 Å². The van der Waals surface area contributed by atoms with Crippen molar-refractivity contribution in [2.45, 2.75) is 46.5 Å². The van der Waals surface area contributed by atoms with Crippen LogP contribution in [-0.2, 0) is 9.59 Å². The van der Waals surface area contributed by atoms with E-state index in [1.165, 1.54) is 6.08 Å². The molecule has 0 N–H and O–H groups in total. The van der Waals surface area contributed by atoms with E-state index in [9.17, 15) is 9.59 Å². The van der Waals surface area contributed by atoms with E-state index < -0.39 is 5.41 Å². The molecule has 0 heterocycles. The van der Waals surface area contributed by atoms with Crippen LogP contribution in [0.4, 0.5) is 0 Å². The highest BCUT2D eigenvalue weighted by Crippen LogP contribution is 2.45. The molecule has 0 radical (unpaired) electrons. The molecule has 0 saturated carbocycles. The Labute approximate surface area is 132 Å². The Bertz CT molecular complexity index is 529. The smallest absolute Gasteiger partial charge is 0.232 e. The van der Waals surface area contributed by atoms with Crippen molar-refractivity contribution in [2.75, 3.05) is 5.88 Å². The van der Waals surface area contributed by atoms with Gasteiger partial charge in [0.15, 0.2) is 5.78 Å². The first-order valence-electron chi connectivity index (χ1n) is 7.32. The van der Waals surface area contributed by atoms with Crippen LogP contribution in [0.25, 0.3) is 0 Å². The minimum absolute atomic E-state index is 0.00731. The van der Waals surface area contributed by atoms with Gasteiger partial charge in [-0.1, -0.05) is 31.9 Å². The highest BCUT2D eigenvalue weighted by molar-refractivity contribution is 6.17. The molecule has 1 rings (SSSR count). The van der Waals surface area contributed by atoms with Gasteiger partial charge in [0, 0.05) is 29.2 Å². The monoisotopic (exact) mass is 306 g/mol. The number of allylic oxidation sites excluding steroid dienone is 3. The Morgan fingerprint density at radius 3 is 2.71 bits per heavy atom. The Hall–Kier alpha value is -1.33. The molecule has 1 atom stereocenters. The molecule has 2 nitrogen and oxygen atoms in total. The third-order valence-corrected chi connectivity index (χ3v) is 4.43. The Morgan fingerprint density at radius 1 is 1.48 bits per heavy atom. The number of ketones is 2. The Morgan fingerprint density at radius 2 is 2.14 bits per heavy atom. The summed E-state index contributed by atoms with van der Waals surface area (Å²) in [5, 5.41) is 0. The molecule has 1 unspecified atom stereocenters. The number of Topliss-reactive ketones (excluding diaryl/α,β-unsaturated/α-hetero) is 1. The van der Waals surface area contributed by atoms with Gasteiger partial charge in [-0.3, -0.25) is 9.59 Å². The van der Waals surface area contributed by atoms with Gasteiger partial charge in [0.1, 0.15) is 0 Å². The topological polar surface area (TPSA) is 34.1 Å². The SMILES string of the molecule is C=CC(=O)C1CCC(C)=C(C(=O)C#CCCCCl)C1(C)C. The lowest BCUT2D eigenvalue weighted by atomic mass is 9.63. The fourth-order valence-corrected chi connectivity index (χ4v) is 3.19. The highest BCUT2D eigenvalue weighted by atomic mass is 35.5. The molecular weight excluding hydrogens is 284 g/mol. The summed E-state index contributed by atoms with van der Waals surface area (Å²) >= 11 is 5.60. The lowest BCUT2D eigenvalue weighted by molar-refractivity contribution is -0.122. The van der Waals surface area contributed by atoms with Crippen LogP contribution in [0, 0.1) is 23.2 Å². The van der Waals surface area contributed by atoms with E-state index in [2.05, 4.69) is 18.4 Å². The van der Waals surface area contributed by atoms with Gasteiger partial charge in [0.25, 0.3) is 0 Å². The summed E-state index contributed by atoms with van der Waals surface area (Å²) in [5.41, 5.74) is 1.25. The maximum absolute atomic E-state index is 12.4. The van der Waals surface area contributed by atoms with Crippen molar-refractivity contribution >= 4 is 23.2 Å². The van der Waals surface area contributed by atoms with Gasteiger partial charge in [-0.25, -0.2) is 0 Å². The first-order valence-corrected chi connectivity index (χ1v) is 7.85. The summed E-state index contributed by atoms with van der Waals surface area (Å²) in [4.78, 5) is 24.5. The number of unbranched alkanes of at least 4 members (excludes halogenated alkanes) is 1. The average Bonchev–Trinajstić information content (AvgIpc) is 2.42. The van der Waals surface area contributed by atoms with Crippen molar-refractivity contribution in [2.24, 2.45) is 11.3 Å². The average molecular weight is 307 g/mol. The van der Waals surface area contributed by atoms with Crippen LogP contribution in [0.15, 0.2) is 23.8 Å². The van der Waals surface area contributed by atoms with Crippen molar-refractivity contribution in [1.82, 2.24) is 0 Å². The zero-order valence-electron chi connectivity index (χ0n) is 13.1. The summed E-state index contributed by atoms with van der Waals surface area (Å²) in [6, 6.07) is 0. The minimum atomic E-state index is -0.494.